The monoisotopic (exact) mass is 500 g/mol. The van der Waals surface area contributed by atoms with Crippen molar-refractivity contribution < 1.29 is 19.1 Å². The minimum atomic E-state index is -1.08. The molecule has 0 unspecified atom stereocenters. The van der Waals surface area contributed by atoms with Crippen LogP contribution in [-0.2, 0) is 14.3 Å². The Bertz CT molecular complexity index is 1000. The number of carbonyl (C=O) groups excluding carboxylic acids is 2. The lowest BCUT2D eigenvalue weighted by atomic mass is 9.40. The van der Waals surface area contributed by atoms with Gasteiger partial charge in [0.25, 0.3) is 0 Å². The smallest absolute Gasteiger partial charge is 0.350 e. The van der Waals surface area contributed by atoms with E-state index in [1.54, 1.807) is 38.1 Å². The zero-order valence-electron chi connectivity index (χ0n) is 22.0. The molecule has 0 heterocycles. The van der Waals surface area contributed by atoms with Gasteiger partial charge >= 0.3 is 5.97 Å². The fraction of sp³-hybridized carbons (Fsp3) is 0.733. The molecule has 0 bridgehead atoms. The topological polar surface area (TPSA) is 52.6 Å². The Morgan fingerprint density at radius 3 is 2.40 bits per heavy atom. The van der Waals surface area contributed by atoms with Gasteiger partial charge < -0.3 is 9.47 Å². The third-order valence-corrected chi connectivity index (χ3v) is 11.3. The third kappa shape index (κ3) is 4.03. The Hall–Kier alpha value is -1.55. The second-order valence-electron chi connectivity index (χ2n) is 13.2. The molecule has 0 aromatic heterocycles. The fourth-order valence-corrected chi connectivity index (χ4v) is 8.78. The van der Waals surface area contributed by atoms with Crippen LogP contribution in [-0.4, -0.2) is 23.5 Å². The number of benzene rings is 1. The molecule has 7 atom stereocenters. The van der Waals surface area contributed by atoms with Gasteiger partial charge in [0.2, 0.25) is 0 Å². The van der Waals surface area contributed by atoms with Crippen LogP contribution in [0.5, 0.6) is 5.75 Å². The summed E-state index contributed by atoms with van der Waals surface area (Å²) in [6.07, 6.45) is 9.17. The summed E-state index contributed by atoms with van der Waals surface area (Å²) < 4.78 is 12.3. The molecule has 0 N–H and O–H groups in total. The first kappa shape index (κ1) is 25.1. The van der Waals surface area contributed by atoms with Gasteiger partial charge in [-0.2, -0.15) is 0 Å². The Kier molecular flexibility index (Phi) is 6.10. The SMILES string of the molecule is CC(C)(Oc1ccc(Cl)cc1)C(=O)O[C@@H]1CC[C@@H]2[C@@H]3CC[C@@]4(C)CC(=O)CC[C@]4(C)[C@H]3CC[C@@]21C. The molecule has 5 rings (SSSR count). The van der Waals surface area contributed by atoms with Gasteiger partial charge in [-0.1, -0.05) is 32.4 Å². The third-order valence-electron chi connectivity index (χ3n) is 11.0. The van der Waals surface area contributed by atoms with E-state index in [9.17, 15) is 9.59 Å². The van der Waals surface area contributed by atoms with Crippen molar-refractivity contribution in [3.05, 3.63) is 29.3 Å². The van der Waals surface area contributed by atoms with Crippen LogP contribution in [0, 0.1) is 34.0 Å². The number of esters is 1. The van der Waals surface area contributed by atoms with Crippen LogP contribution in [0.15, 0.2) is 24.3 Å². The van der Waals surface area contributed by atoms with Crippen molar-refractivity contribution in [3.63, 3.8) is 0 Å². The van der Waals surface area contributed by atoms with E-state index in [0.29, 0.717) is 34.3 Å². The van der Waals surface area contributed by atoms with Gasteiger partial charge in [0, 0.05) is 23.3 Å². The van der Waals surface area contributed by atoms with Crippen LogP contribution in [0.25, 0.3) is 0 Å². The maximum atomic E-state index is 13.3. The Morgan fingerprint density at radius 2 is 1.69 bits per heavy atom. The molecule has 5 heteroatoms. The number of fused-ring (bicyclic) bond motifs is 5. The van der Waals surface area contributed by atoms with E-state index >= 15 is 0 Å². The molecule has 0 spiro atoms. The average molecular weight is 501 g/mol. The molecule has 0 aliphatic heterocycles. The fourth-order valence-electron chi connectivity index (χ4n) is 8.66. The number of hydrogen-bond acceptors (Lipinski definition) is 4. The lowest BCUT2D eigenvalue weighted by Gasteiger charge is -2.64. The molecule has 0 radical (unpaired) electrons. The molecule has 0 amide bonds. The predicted molar refractivity (Wildman–Crippen MR) is 137 cm³/mol. The number of carbonyl (C=O) groups is 2. The zero-order chi connectivity index (χ0) is 25.2. The van der Waals surface area contributed by atoms with Gasteiger partial charge in [-0.15, -0.1) is 0 Å². The van der Waals surface area contributed by atoms with Gasteiger partial charge in [0.1, 0.15) is 17.6 Å². The summed E-state index contributed by atoms with van der Waals surface area (Å²) in [7, 11) is 0. The molecule has 1 aromatic carbocycles. The molecule has 0 saturated heterocycles. The number of rotatable bonds is 4. The largest absolute Gasteiger partial charge is 0.476 e. The first-order valence-corrected chi connectivity index (χ1v) is 13.9. The van der Waals surface area contributed by atoms with Crippen molar-refractivity contribution in [2.45, 2.75) is 104 Å². The molecule has 4 saturated carbocycles. The second kappa shape index (κ2) is 8.50. The van der Waals surface area contributed by atoms with E-state index < -0.39 is 5.60 Å². The highest BCUT2D eigenvalue weighted by molar-refractivity contribution is 6.30. The van der Waals surface area contributed by atoms with E-state index in [1.807, 2.05) is 0 Å². The number of halogens is 1. The zero-order valence-corrected chi connectivity index (χ0v) is 22.7. The first-order chi connectivity index (χ1) is 16.4. The molecule has 4 aliphatic carbocycles. The summed E-state index contributed by atoms with van der Waals surface area (Å²) in [5, 5.41) is 0.634. The summed E-state index contributed by atoms with van der Waals surface area (Å²) in [6, 6.07) is 7.08. The number of ether oxygens (including phenoxy) is 2. The quantitative estimate of drug-likeness (QED) is 0.404. The summed E-state index contributed by atoms with van der Waals surface area (Å²) in [4.78, 5) is 25.6. The van der Waals surface area contributed by atoms with Crippen molar-refractivity contribution in [1.82, 2.24) is 0 Å². The summed E-state index contributed by atoms with van der Waals surface area (Å²) in [5.41, 5.74) is -0.672. The molecular weight excluding hydrogens is 460 g/mol. The number of Topliss-reactive ketones (excluding diaryl/α,β-unsaturated/α-hetero) is 1. The molecule has 1 aromatic rings. The van der Waals surface area contributed by atoms with Crippen molar-refractivity contribution in [1.29, 1.82) is 0 Å². The van der Waals surface area contributed by atoms with Crippen molar-refractivity contribution in [3.8, 4) is 5.75 Å². The van der Waals surface area contributed by atoms with Crippen LogP contribution < -0.4 is 4.74 Å². The van der Waals surface area contributed by atoms with E-state index in [4.69, 9.17) is 21.1 Å². The average Bonchev–Trinajstić information content (AvgIpc) is 3.12. The normalized spacial score (nSPS) is 40.9. The molecular formula is C30H41ClO4. The predicted octanol–water partition coefficient (Wildman–Crippen LogP) is 7.41. The van der Waals surface area contributed by atoms with Crippen molar-refractivity contribution in [2.24, 2.45) is 34.0 Å². The van der Waals surface area contributed by atoms with Crippen molar-refractivity contribution in [2.75, 3.05) is 0 Å². The van der Waals surface area contributed by atoms with Crippen LogP contribution in [0.2, 0.25) is 5.02 Å². The summed E-state index contributed by atoms with van der Waals surface area (Å²) in [5.74, 6) is 2.69. The van der Waals surface area contributed by atoms with Crippen LogP contribution in [0.1, 0.15) is 92.4 Å². The van der Waals surface area contributed by atoms with Gasteiger partial charge in [-0.05, 0) is 112 Å². The minimum Gasteiger partial charge on any atom is -0.476 e. The van der Waals surface area contributed by atoms with Gasteiger partial charge in [-0.3, -0.25) is 4.79 Å². The highest BCUT2D eigenvalue weighted by Gasteiger charge is 2.64. The van der Waals surface area contributed by atoms with Gasteiger partial charge in [-0.25, -0.2) is 4.79 Å². The first-order valence-electron chi connectivity index (χ1n) is 13.6. The second-order valence-corrected chi connectivity index (χ2v) is 13.6. The Labute approximate surface area is 215 Å². The lowest BCUT2D eigenvalue weighted by Crippen LogP contribution is -2.58. The lowest BCUT2D eigenvalue weighted by molar-refractivity contribution is -0.183. The van der Waals surface area contributed by atoms with Gasteiger partial charge in [0.15, 0.2) is 5.60 Å². The van der Waals surface area contributed by atoms with Crippen LogP contribution in [0.4, 0.5) is 0 Å². The van der Waals surface area contributed by atoms with Crippen LogP contribution in [0.3, 0.4) is 0 Å². The Balaban J connectivity index is 1.30. The van der Waals surface area contributed by atoms with Crippen molar-refractivity contribution >= 4 is 23.4 Å². The summed E-state index contributed by atoms with van der Waals surface area (Å²) in [6.45, 7) is 10.8. The molecule has 4 fully saturated rings. The highest BCUT2D eigenvalue weighted by atomic mass is 35.5. The van der Waals surface area contributed by atoms with Gasteiger partial charge in [0.05, 0.1) is 0 Å². The van der Waals surface area contributed by atoms with E-state index in [2.05, 4.69) is 20.8 Å². The maximum Gasteiger partial charge on any atom is 0.350 e. The minimum absolute atomic E-state index is 0.0156. The molecule has 192 valence electrons. The Morgan fingerprint density at radius 1 is 0.971 bits per heavy atom. The standard InChI is InChI=1S/C30H41ClO4/c1-27(2,35-21-8-6-19(31)7-9-21)26(33)34-25-11-10-23-22-13-15-28(3)18-20(32)12-17-30(28,5)24(22)14-16-29(23,25)4/h6-9,22-25H,10-18H2,1-5H3/t22-,23+,24-,25+,28-,29-,30+/m0/s1. The molecule has 35 heavy (non-hydrogen) atoms. The number of ketones is 1. The van der Waals surface area contributed by atoms with E-state index in [1.165, 1.54) is 12.8 Å². The highest BCUT2D eigenvalue weighted by Crippen LogP contribution is 2.69. The molecule has 4 aliphatic rings. The van der Waals surface area contributed by atoms with Crippen LogP contribution >= 0.6 is 11.6 Å². The number of hydrogen-bond donors (Lipinski definition) is 0. The van der Waals surface area contributed by atoms with E-state index in [-0.39, 0.29) is 28.3 Å². The van der Waals surface area contributed by atoms with E-state index in [0.717, 1.165) is 44.9 Å². The molecule has 4 nitrogen and oxygen atoms in total. The maximum absolute atomic E-state index is 13.3. The summed E-state index contributed by atoms with van der Waals surface area (Å²) >= 11 is 5.99.